The van der Waals surface area contributed by atoms with Crippen LogP contribution in [0.3, 0.4) is 0 Å². The highest BCUT2D eigenvalue weighted by Crippen LogP contribution is 2.25. The topological polar surface area (TPSA) is 17.1 Å². The first-order valence-electron chi connectivity index (χ1n) is 4.45. The number of carbonyl (C=O) groups is 1. The maximum Gasteiger partial charge on any atom is 0.132 e. The van der Waals surface area contributed by atoms with E-state index in [1.54, 1.807) is 11.3 Å². The largest absolute Gasteiger partial charge is 0.302 e. The Morgan fingerprint density at radius 1 is 1.07 bits per heavy atom. The van der Waals surface area contributed by atoms with Crippen molar-refractivity contribution in [2.45, 2.75) is 5.92 Å². The van der Waals surface area contributed by atoms with Gasteiger partial charge in [0, 0.05) is 4.88 Å². The van der Waals surface area contributed by atoms with Gasteiger partial charge in [-0.05, 0) is 17.0 Å². The summed E-state index contributed by atoms with van der Waals surface area (Å²) in [4.78, 5) is 12.1. The van der Waals surface area contributed by atoms with Crippen LogP contribution in [0.1, 0.15) is 16.4 Å². The molecule has 0 fully saturated rings. The number of benzene rings is 1. The van der Waals surface area contributed by atoms with E-state index in [-0.39, 0.29) is 5.92 Å². The molecule has 0 saturated heterocycles. The lowest BCUT2D eigenvalue weighted by Crippen LogP contribution is -1.99. The minimum atomic E-state index is -0.101. The molecule has 0 aliphatic rings. The van der Waals surface area contributed by atoms with Crippen LogP contribution in [0.2, 0.25) is 0 Å². The molecule has 1 aromatic heterocycles. The number of carbonyl (C=O) groups excluding carboxylic acids is 1. The van der Waals surface area contributed by atoms with E-state index in [0.717, 1.165) is 16.7 Å². The minimum absolute atomic E-state index is 0.101. The van der Waals surface area contributed by atoms with Crippen LogP contribution in [0.5, 0.6) is 0 Å². The average Bonchev–Trinajstić information content (AvgIpc) is 2.74. The molecule has 2 heteroatoms. The van der Waals surface area contributed by atoms with Crippen molar-refractivity contribution in [3.8, 4) is 0 Å². The lowest BCUT2D eigenvalue weighted by Gasteiger charge is -2.07. The summed E-state index contributed by atoms with van der Waals surface area (Å²) in [6.07, 6.45) is 1.00. The molecular weight excluding hydrogens is 192 g/mol. The molecule has 0 bridgehead atoms. The van der Waals surface area contributed by atoms with E-state index in [1.807, 2.05) is 47.8 Å². The Morgan fingerprint density at radius 3 is 2.43 bits per heavy atom. The summed E-state index contributed by atoms with van der Waals surface area (Å²) in [6.45, 7) is 0. The summed E-state index contributed by atoms with van der Waals surface area (Å²) < 4.78 is 0. The summed E-state index contributed by atoms with van der Waals surface area (Å²) in [5.74, 6) is -0.101. The Balaban J connectivity index is 2.36. The molecule has 1 unspecified atom stereocenters. The number of thiophene rings is 1. The summed E-state index contributed by atoms with van der Waals surface area (Å²) >= 11 is 1.62. The van der Waals surface area contributed by atoms with Crippen molar-refractivity contribution >= 4 is 17.6 Å². The summed E-state index contributed by atoms with van der Waals surface area (Å²) in [7, 11) is 0. The fourth-order valence-electron chi connectivity index (χ4n) is 1.44. The molecule has 1 aromatic carbocycles. The van der Waals surface area contributed by atoms with Gasteiger partial charge in [0.15, 0.2) is 0 Å². The van der Waals surface area contributed by atoms with Crippen molar-refractivity contribution in [3.05, 3.63) is 58.3 Å². The van der Waals surface area contributed by atoms with Crippen LogP contribution in [-0.4, -0.2) is 6.29 Å². The highest BCUT2D eigenvalue weighted by Gasteiger charge is 2.12. The first-order valence-corrected chi connectivity index (χ1v) is 5.33. The summed E-state index contributed by atoms with van der Waals surface area (Å²) in [5, 5.41) is 1.99. The molecule has 0 saturated carbocycles. The number of hydrogen-bond acceptors (Lipinski definition) is 2. The van der Waals surface area contributed by atoms with E-state index in [4.69, 9.17) is 0 Å². The van der Waals surface area contributed by atoms with Crippen molar-refractivity contribution in [1.82, 2.24) is 0 Å². The normalized spacial score (nSPS) is 12.3. The molecule has 0 aliphatic carbocycles. The van der Waals surface area contributed by atoms with Gasteiger partial charge in [0.25, 0.3) is 0 Å². The second-order valence-corrected chi connectivity index (χ2v) is 4.02. The van der Waals surface area contributed by atoms with Crippen LogP contribution in [0.25, 0.3) is 0 Å². The van der Waals surface area contributed by atoms with Crippen LogP contribution < -0.4 is 0 Å². The van der Waals surface area contributed by atoms with Gasteiger partial charge in [0.1, 0.15) is 6.29 Å². The Morgan fingerprint density at radius 2 is 1.86 bits per heavy atom. The molecule has 0 N–H and O–H groups in total. The second-order valence-electron chi connectivity index (χ2n) is 3.04. The van der Waals surface area contributed by atoms with Gasteiger partial charge in [-0.15, -0.1) is 11.3 Å². The van der Waals surface area contributed by atoms with Crippen LogP contribution in [0.4, 0.5) is 0 Å². The average molecular weight is 202 g/mol. The van der Waals surface area contributed by atoms with Gasteiger partial charge in [-0.1, -0.05) is 36.4 Å². The quantitative estimate of drug-likeness (QED) is 0.699. The Bertz CT molecular complexity index is 392. The lowest BCUT2D eigenvalue weighted by atomic mass is 9.99. The number of hydrogen-bond donors (Lipinski definition) is 0. The highest BCUT2D eigenvalue weighted by molar-refractivity contribution is 7.10. The first-order chi connectivity index (χ1) is 6.92. The molecule has 2 rings (SSSR count). The standard InChI is InChI=1S/C12H10OS/c13-9-11(12-7-4-8-14-12)10-5-2-1-3-6-10/h1-9,11H. The van der Waals surface area contributed by atoms with Gasteiger partial charge in [-0.2, -0.15) is 0 Å². The number of aldehydes is 1. The first kappa shape index (κ1) is 9.16. The van der Waals surface area contributed by atoms with Crippen molar-refractivity contribution in [2.24, 2.45) is 0 Å². The van der Waals surface area contributed by atoms with E-state index >= 15 is 0 Å². The maximum atomic E-state index is 11.0. The van der Waals surface area contributed by atoms with Crippen LogP contribution in [0, 0.1) is 0 Å². The zero-order chi connectivity index (χ0) is 9.80. The summed E-state index contributed by atoms with van der Waals surface area (Å²) in [5.41, 5.74) is 1.06. The van der Waals surface area contributed by atoms with Crippen LogP contribution in [0.15, 0.2) is 47.8 Å². The van der Waals surface area contributed by atoms with Gasteiger partial charge in [0.2, 0.25) is 0 Å². The lowest BCUT2D eigenvalue weighted by molar-refractivity contribution is -0.108. The van der Waals surface area contributed by atoms with Crippen LogP contribution in [-0.2, 0) is 4.79 Å². The monoisotopic (exact) mass is 202 g/mol. The fourth-order valence-corrected chi connectivity index (χ4v) is 2.25. The van der Waals surface area contributed by atoms with Crippen molar-refractivity contribution in [3.63, 3.8) is 0 Å². The van der Waals surface area contributed by atoms with Crippen molar-refractivity contribution in [2.75, 3.05) is 0 Å². The molecule has 1 heterocycles. The molecule has 2 aromatic rings. The molecule has 70 valence electrons. The minimum Gasteiger partial charge on any atom is -0.302 e. The third kappa shape index (κ3) is 1.75. The van der Waals surface area contributed by atoms with Crippen molar-refractivity contribution in [1.29, 1.82) is 0 Å². The molecule has 14 heavy (non-hydrogen) atoms. The highest BCUT2D eigenvalue weighted by atomic mass is 32.1. The van der Waals surface area contributed by atoms with E-state index in [0.29, 0.717) is 0 Å². The second kappa shape index (κ2) is 4.20. The molecular formula is C12H10OS. The smallest absolute Gasteiger partial charge is 0.132 e. The zero-order valence-corrected chi connectivity index (χ0v) is 8.41. The molecule has 0 radical (unpaired) electrons. The predicted molar refractivity (Wildman–Crippen MR) is 58.7 cm³/mol. The van der Waals surface area contributed by atoms with E-state index < -0.39 is 0 Å². The van der Waals surface area contributed by atoms with E-state index in [1.165, 1.54) is 0 Å². The van der Waals surface area contributed by atoms with Gasteiger partial charge >= 0.3 is 0 Å². The number of rotatable bonds is 3. The molecule has 1 atom stereocenters. The van der Waals surface area contributed by atoms with E-state index in [9.17, 15) is 4.79 Å². The van der Waals surface area contributed by atoms with Crippen LogP contribution >= 0.6 is 11.3 Å². The predicted octanol–water partition coefficient (Wildman–Crippen LogP) is 3.08. The van der Waals surface area contributed by atoms with E-state index in [2.05, 4.69) is 0 Å². The van der Waals surface area contributed by atoms with Gasteiger partial charge < -0.3 is 4.79 Å². The molecule has 0 aliphatic heterocycles. The van der Waals surface area contributed by atoms with Gasteiger partial charge in [0.05, 0.1) is 5.92 Å². The maximum absolute atomic E-state index is 11.0. The molecule has 1 nitrogen and oxygen atoms in total. The molecule has 0 amide bonds. The Labute approximate surface area is 87.0 Å². The fraction of sp³-hybridized carbons (Fsp3) is 0.0833. The Kier molecular flexibility index (Phi) is 2.75. The Hall–Kier alpha value is -1.41. The van der Waals surface area contributed by atoms with Crippen molar-refractivity contribution < 1.29 is 4.79 Å². The SMILES string of the molecule is O=CC(c1ccccc1)c1cccs1. The third-order valence-corrected chi connectivity index (χ3v) is 3.10. The van der Waals surface area contributed by atoms with Gasteiger partial charge in [-0.25, -0.2) is 0 Å². The zero-order valence-electron chi connectivity index (χ0n) is 7.59. The molecule has 0 spiro atoms. The van der Waals surface area contributed by atoms with Gasteiger partial charge in [-0.3, -0.25) is 0 Å². The third-order valence-electron chi connectivity index (χ3n) is 2.14. The summed E-state index contributed by atoms with van der Waals surface area (Å²) in [6, 6.07) is 13.8.